The van der Waals surface area contributed by atoms with Gasteiger partial charge in [0.1, 0.15) is 11.0 Å². The van der Waals surface area contributed by atoms with E-state index in [0.29, 0.717) is 0 Å². The Hall–Kier alpha value is -2.48. The van der Waals surface area contributed by atoms with Gasteiger partial charge in [0.15, 0.2) is 4.90 Å². The molecule has 2 aromatic rings. The molecular weight excluding hydrogens is 380 g/mol. The molecule has 0 aliphatic carbocycles. The summed E-state index contributed by atoms with van der Waals surface area (Å²) in [5, 5.41) is 20.2. The minimum absolute atomic E-state index is 0.284. The predicted octanol–water partition coefficient (Wildman–Crippen LogP) is 2.23. The van der Waals surface area contributed by atoms with Crippen molar-refractivity contribution in [1.29, 1.82) is 5.26 Å². The molecule has 24 heavy (non-hydrogen) atoms. The maximum absolute atomic E-state index is 12.8. The molecule has 124 valence electrons. The number of nitro benzene ring substituents is 1. The van der Waals surface area contributed by atoms with Crippen molar-refractivity contribution >= 4 is 35.3 Å². The molecule has 0 bridgehead atoms. The highest BCUT2D eigenvalue weighted by molar-refractivity contribution is 8.14. The summed E-state index contributed by atoms with van der Waals surface area (Å²) < 4.78 is 49.0. The minimum Gasteiger partial charge on any atom is -0.258 e. The van der Waals surface area contributed by atoms with Gasteiger partial charge in [-0.1, -0.05) is 18.2 Å². The van der Waals surface area contributed by atoms with Crippen LogP contribution in [0.1, 0.15) is 5.56 Å². The summed E-state index contributed by atoms with van der Waals surface area (Å²) >= 11 is 0. The van der Waals surface area contributed by atoms with E-state index in [0.717, 1.165) is 24.3 Å². The molecule has 0 spiro atoms. The van der Waals surface area contributed by atoms with Crippen LogP contribution in [-0.2, 0) is 18.9 Å². The lowest BCUT2D eigenvalue weighted by molar-refractivity contribution is -0.388. The maximum Gasteiger partial charge on any atom is 0.289 e. The third-order valence-corrected chi connectivity index (χ3v) is 6.38. The third kappa shape index (κ3) is 3.09. The van der Waals surface area contributed by atoms with Gasteiger partial charge in [-0.3, -0.25) is 10.1 Å². The Bertz CT molecular complexity index is 1090. The van der Waals surface area contributed by atoms with E-state index in [1.807, 2.05) is 0 Å². The molecule has 0 atom stereocenters. The Morgan fingerprint density at radius 1 is 1.00 bits per heavy atom. The highest BCUT2D eigenvalue weighted by Crippen LogP contribution is 2.36. The first kappa shape index (κ1) is 17.9. The molecule has 0 radical (unpaired) electrons. The Labute approximate surface area is 141 Å². The van der Waals surface area contributed by atoms with Crippen LogP contribution < -0.4 is 0 Å². The molecule has 0 N–H and O–H groups in total. The lowest BCUT2D eigenvalue weighted by Crippen LogP contribution is -2.11. The molecule has 11 heteroatoms. The zero-order chi connectivity index (χ0) is 18.1. The highest BCUT2D eigenvalue weighted by atomic mass is 35.7. The van der Waals surface area contributed by atoms with Gasteiger partial charge in [0.05, 0.1) is 15.4 Å². The largest absolute Gasteiger partial charge is 0.289 e. The fourth-order valence-corrected chi connectivity index (χ4v) is 5.39. The third-order valence-electron chi connectivity index (χ3n) is 2.98. The van der Waals surface area contributed by atoms with Gasteiger partial charge in [0, 0.05) is 16.7 Å². The summed E-state index contributed by atoms with van der Waals surface area (Å²) in [7, 11) is -4.07. The zero-order valence-corrected chi connectivity index (χ0v) is 14.0. The molecule has 0 unspecified atom stereocenters. The first-order valence-corrected chi connectivity index (χ1v) is 9.86. The van der Waals surface area contributed by atoms with Gasteiger partial charge in [0.2, 0.25) is 9.84 Å². The highest BCUT2D eigenvalue weighted by Gasteiger charge is 2.36. The fraction of sp³-hybridized carbons (Fsp3) is 0. The summed E-state index contributed by atoms with van der Waals surface area (Å²) in [6.45, 7) is 0. The van der Waals surface area contributed by atoms with E-state index in [9.17, 15) is 26.9 Å². The van der Waals surface area contributed by atoms with E-state index >= 15 is 0 Å². The fourth-order valence-electron chi connectivity index (χ4n) is 2.01. The Morgan fingerprint density at radius 3 is 2.12 bits per heavy atom. The molecular formula is C13H7ClN2O6S2. The SMILES string of the molecule is N#Cc1ccccc1S(=O)(=O)c1c([N+](=O)[O-])cccc1S(=O)(=O)Cl. The molecule has 0 heterocycles. The number of halogens is 1. The van der Waals surface area contributed by atoms with Crippen molar-refractivity contribution in [1.82, 2.24) is 0 Å². The lowest BCUT2D eigenvalue weighted by atomic mass is 10.2. The molecule has 8 nitrogen and oxygen atoms in total. The summed E-state index contributed by atoms with van der Waals surface area (Å²) in [4.78, 5) is 7.58. The van der Waals surface area contributed by atoms with Crippen LogP contribution in [0.5, 0.6) is 0 Å². The van der Waals surface area contributed by atoms with E-state index in [-0.39, 0.29) is 5.56 Å². The standard InChI is InChI=1S/C13H7ClN2O6S2/c14-24(21,22)12-7-3-5-10(16(17)18)13(12)23(19,20)11-6-2-1-4-9(11)8-15/h1-7H. The second kappa shape index (κ2) is 6.20. The van der Waals surface area contributed by atoms with Crippen molar-refractivity contribution in [2.24, 2.45) is 0 Å². The lowest BCUT2D eigenvalue weighted by Gasteiger charge is -2.10. The van der Waals surface area contributed by atoms with E-state index in [1.165, 1.54) is 18.2 Å². The average Bonchev–Trinajstić information content (AvgIpc) is 2.53. The monoisotopic (exact) mass is 386 g/mol. The summed E-state index contributed by atoms with van der Waals surface area (Å²) in [5.74, 6) is 0. The predicted molar refractivity (Wildman–Crippen MR) is 82.7 cm³/mol. The van der Waals surface area contributed by atoms with E-state index in [2.05, 4.69) is 0 Å². The Morgan fingerprint density at radius 2 is 1.58 bits per heavy atom. The van der Waals surface area contributed by atoms with Gasteiger partial charge in [-0.2, -0.15) is 5.26 Å². The molecule has 2 rings (SSSR count). The van der Waals surface area contributed by atoms with Crippen molar-refractivity contribution in [2.45, 2.75) is 14.7 Å². The quantitative estimate of drug-likeness (QED) is 0.446. The number of hydrogen-bond acceptors (Lipinski definition) is 7. The summed E-state index contributed by atoms with van der Waals surface area (Å²) in [6.07, 6.45) is 0. The molecule has 0 saturated carbocycles. The Kier molecular flexibility index (Phi) is 4.61. The molecule has 0 aliphatic rings. The number of nitro groups is 1. The maximum atomic E-state index is 12.8. The van der Waals surface area contributed by atoms with E-state index < -0.39 is 44.2 Å². The van der Waals surface area contributed by atoms with Crippen molar-refractivity contribution in [3.05, 3.63) is 58.1 Å². The number of nitriles is 1. The number of hydrogen-bond donors (Lipinski definition) is 0. The zero-order valence-electron chi connectivity index (χ0n) is 11.6. The van der Waals surface area contributed by atoms with Crippen LogP contribution in [0.3, 0.4) is 0 Å². The van der Waals surface area contributed by atoms with Crippen LogP contribution in [0.4, 0.5) is 5.69 Å². The molecule has 0 aromatic heterocycles. The normalized spacial score (nSPS) is 11.7. The van der Waals surface area contributed by atoms with Crippen LogP contribution >= 0.6 is 10.7 Å². The van der Waals surface area contributed by atoms with Gasteiger partial charge >= 0.3 is 0 Å². The number of nitrogens with zero attached hydrogens (tertiary/aromatic N) is 2. The van der Waals surface area contributed by atoms with Gasteiger partial charge in [-0.15, -0.1) is 0 Å². The smallest absolute Gasteiger partial charge is 0.258 e. The van der Waals surface area contributed by atoms with Crippen molar-refractivity contribution in [3.8, 4) is 6.07 Å². The number of rotatable bonds is 4. The van der Waals surface area contributed by atoms with Gasteiger partial charge in [0.25, 0.3) is 14.7 Å². The Balaban J connectivity index is 3.00. The van der Waals surface area contributed by atoms with Crippen LogP contribution in [0.15, 0.2) is 57.2 Å². The van der Waals surface area contributed by atoms with E-state index in [1.54, 1.807) is 6.07 Å². The molecule has 0 aliphatic heterocycles. The van der Waals surface area contributed by atoms with Crippen molar-refractivity contribution in [2.75, 3.05) is 0 Å². The van der Waals surface area contributed by atoms with Gasteiger partial charge in [-0.25, -0.2) is 16.8 Å². The second-order valence-corrected chi connectivity index (χ2v) is 8.80. The minimum atomic E-state index is -4.70. The second-order valence-electron chi connectivity index (χ2n) is 4.41. The van der Waals surface area contributed by atoms with Gasteiger partial charge < -0.3 is 0 Å². The van der Waals surface area contributed by atoms with Gasteiger partial charge in [-0.05, 0) is 18.2 Å². The topological polar surface area (TPSA) is 135 Å². The summed E-state index contributed by atoms with van der Waals surface area (Å²) in [5.41, 5.74) is -1.24. The average molecular weight is 387 g/mol. The molecule has 0 amide bonds. The van der Waals surface area contributed by atoms with Crippen molar-refractivity contribution < 1.29 is 21.8 Å². The van der Waals surface area contributed by atoms with Crippen LogP contribution in [-0.4, -0.2) is 21.8 Å². The first-order valence-electron chi connectivity index (χ1n) is 6.07. The van der Waals surface area contributed by atoms with E-state index in [4.69, 9.17) is 15.9 Å². The molecule has 0 fully saturated rings. The van der Waals surface area contributed by atoms with Crippen molar-refractivity contribution in [3.63, 3.8) is 0 Å². The first-order chi connectivity index (χ1) is 11.1. The van der Waals surface area contributed by atoms with Crippen LogP contribution in [0, 0.1) is 21.4 Å². The van der Waals surface area contributed by atoms with Crippen LogP contribution in [0.2, 0.25) is 0 Å². The number of benzene rings is 2. The molecule has 0 saturated heterocycles. The van der Waals surface area contributed by atoms with Crippen LogP contribution in [0.25, 0.3) is 0 Å². The molecule has 2 aromatic carbocycles. The summed E-state index contributed by atoms with van der Waals surface area (Å²) in [6, 6.07) is 9.28. The number of sulfone groups is 1.